The van der Waals surface area contributed by atoms with Gasteiger partial charge in [-0.2, -0.15) is 0 Å². The number of carbonyl (C=O) groups excluding carboxylic acids is 2. The van der Waals surface area contributed by atoms with Crippen LogP contribution in [0.2, 0.25) is 9.88 Å². The minimum absolute atomic E-state index is 0.132. The Bertz CT molecular complexity index is 259. The third kappa shape index (κ3) is 11.9. The molecular formula is C12H24O4S2Sn. The molecule has 0 rings (SSSR count). The van der Waals surface area contributed by atoms with Crippen molar-refractivity contribution < 1.29 is 19.1 Å². The fraction of sp³-hybridized carbons (Fsp3) is 0.833. The van der Waals surface area contributed by atoms with Gasteiger partial charge < -0.3 is 0 Å². The second-order valence-electron chi connectivity index (χ2n) is 4.24. The number of esters is 2. The summed E-state index contributed by atoms with van der Waals surface area (Å²) in [4.78, 5) is 26.6. The molecule has 0 N–H and O–H groups in total. The van der Waals surface area contributed by atoms with E-state index in [9.17, 15) is 9.59 Å². The third-order valence-electron chi connectivity index (χ3n) is 2.17. The Morgan fingerprint density at radius 1 is 0.895 bits per heavy atom. The van der Waals surface area contributed by atoms with Gasteiger partial charge in [-0.25, -0.2) is 0 Å². The van der Waals surface area contributed by atoms with Crippen LogP contribution in [0.5, 0.6) is 0 Å². The van der Waals surface area contributed by atoms with Gasteiger partial charge >= 0.3 is 126 Å². The van der Waals surface area contributed by atoms with Gasteiger partial charge in [-0.05, 0) is 0 Å². The van der Waals surface area contributed by atoms with E-state index >= 15 is 0 Å². The molecule has 0 aromatic carbocycles. The topological polar surface area (TPSA) is 52.6 Å². The Hall–Kier alpha value is 0.439. The molecule has 0 aromatic rings. The first-order chi connectivity index (χ1) is 8.91. The first kappa shape index (κ1) is 19.4. The molecule has 0 radical (unpaired) electrons. The van der Waals surface area contributed by atoms with E-state index in [2.05, 4.69) is 9.88 Å². The van der Waals surface area contributed by atoms with Gasteiger partial charge in [0.2, 0.25) is 0 Å². The molecule has 0 bridgehead atoms. The molecule has 0 saturated carbocycles. The van der Waals surface area contributed by atoms with E-state index in [0.717, 1.165) is 11.5 Å². The van der Waals surface area contributed by atoms with Gasteiger partial charge in [0.25, 0.3) is 0 Å². The molecule has 0 aliphatic carbocycles. The molecule has 0 atom stereocenters. The molecule has 0 aromatic heterocycles. The van der Waals surface area contributed by atoms with Crippen LogP contribution >= 0.6 is 17.9 Å². The molecule has 0 aliphatic rings. The normalized spacial score (nSPS) is 11.2. The van der Waals surface area contributed by atoms with Crippen molar-refractivity contribution in [3.8, 4) is 0 Å². The molecule has 0 aliphatic heterocycles. The van der Waals surface area contributed by atoms with Gasteiger partial charge in [0, 0.05) is 0 Å². The number of ether oxygens (including phenoxy) is 2. The molecule has 19 heavy (non-hydrogen) atoms. The van der Waals surface area contributed by atoms with Crippen molar-refractivity contribution in [2.45, 2.75) is 36.6 Å². The van der Waals surface area contributed by atoms with Crippen LogP contribution in [0.25, 0.3) is 0 Å². The van der Waals surface area contributed by atoms with Crippen LogP contribution in [0.3, 0.4) is 0 Å². The summed E-state index contributed by atoms with van der Waals surface area (Å²) < 4.78 is 10.1. The third-order valence-corrected chi connectivity index (χ3v) is 24.4. The van der Waals surface area contributed by atoms with Crippen molar-refractivity contribution in [1.82, 2.24) is 0 Å². The summed E-state index contributed by atoms with van der Waals surface area (Å²) in [5, 5.41) is 0. The fourth-order valence-electron chi connectivity index (χ4n) is 1.13. The molecule has 0 spiro atoms. The van der Waals surface area contributed by atoms with Gasteiger partial charge in [-0.15, -0.1) is 0 Å². The van der Waals surface area contributed by atoms with Crippen LogP contribution in [-0.2, 0) is 19.1 Å². The molecule has 7 heteroatoms. The molecular weight excluding hydrogens is 391 g/mol. The Morgan fingerprint density at radius 2 is 1.26 bits per heavy atom. The molecule has 112 valence electrons. The minimum atomic E-state index is -2.16. The van der Waals surface area contributed by atoms with E-state index in [0.29, 0.717) is 26.1 Å². The van der Waals surface area contributed by atoms with Crippen LogP contribution < -0.4 is 0 Å². The van der Waals surface area contributed by atoms with E-state index in [4.69, 9.17) is 9.47 Å². The zero-order chi connectivity index (χ0) is 14.7. The maximum atomic E-state index is 11.0. The van der Waals surface area contributed by atoms with E-state index < -0.39 is 15.6 Å². The van der Waals surface area contributed by atoms with Gasteiger partial charge in [0.1, 0.15) is 0 Å². The fourth-order valence-corrected chi connectivity index (χ4v) is 18.1. The van der Waals surface area contributed by atoms with Gasteiger partial charge in [-0.1, -0.05) is 0 Å². The Morgan fingerprint density at radius 3 is 1.58 bits per heavy atom. The van der Waals surface area contributed by atoms with Crippen molar-refractivity contribution in [1.29, 1.82) is 0 Å². The molecule has 4 nitrogen and oxygen atoms in total. The van der Waals surface area contributed by atoms with Crippen LogP contribution in [-0.4, -0.2) is 52.3 Å². The van der Waals surface area contributed by atoms with Crippen molar-refractivity contribution >= 4 is 45.4 Å². The molecule has 0 saturated heterocycles. The zero-order valence-corrected chi connectivity index (χ0v) is 16.7. The van der Waals surface area contributed by atoms with Crippen LogP contribution in [0.15, 0.2) is 0 Å². The first-order valence-electron chi connectivity index (χ1n) is 6.50. The monoisotopic (exact) mass is 416 g/mol. The summed E-state index contributed by atoms with van der Waals surface area (Å²) in [7, 11) is 3.90. The van der Waals surface area contributed by atoms with E-state index in [-0.39, 0.29) is 11.9 Å². The second-order valence-corrected chi connectivity index (χ2v) is 34.0. The first-order valence-corrected chi connectivity index (χ1v) is 21.2. The van der Waals surface area contributed by atoms with Gasteiger partial charge in [0.05, 0.1) is 0 Å². The average Bonchev–Trinajstić information content (AvgIpc) is 2.39. The van der Waals surface area contributed by atoms with Crippen molar-refractivity contribution in [3.63, 3.8) is 0 Å². The summed E-state index contributed by atoms with van der Waals surface area (Å²) in [6.45, 7) is 4.60. The van der Waals surface area contributed by atoms with Crippen LogP contribution in [0.1, 0.15) is 26.7 Å². The quantitative estimate of drug-likeness (QED) is 0.311. The molecule has 0 unspecified atom stereocenters. The molecule has 0 amide bonds. The van der Waals surface area contributed by atoms with Gasteiger partial charge in [-0.3, -0.25) is 0 Å². The number of hydrogen-bond donors (Lipinski definition) is 0. The average molecular weight is 415 g/mol. The Kier molecular flexibility index (Phi) is 11.4. The Labute approximate surface area is 125 Å². The van der Waals surface area contributed by atoms with Crippen molar-refractivity contribution in [2.24, 2.45) is 0 Å². The van der Waals surface area contributed by atoms with E-state index in [1.807, 2.05) is 17.9 Å². The maximum absolute atomic E-state index is 11.0. The SMILES string of the molecule is CCC(=O)OCC[S][Sn]([CH3])([CH3])[S]CCOC(=O)CC. The summed E-state index contributed by atoms with van der Waals surface area (Å²) in [6.07, 6.45) is 0.879. The van der Waals surface area contributed by atoms with Gasteiger partial charge in [0.15, 0.2) is 0 Å². The summed E-state index contributed by atoms with van der Waals surface area (Å²) in [5.74, 6) is 1.48. The van der Waals surface area contributed by atoms with Crippen molar-refractivity contribution in [2.75, 3.05) is 24.7 Å². The van der Waals surface area contributed by atoms with Crippen LogP contribution in [0.4, 0.5) is 0 Å². The predicted molar refractivity (Wildman–Crippen MR) is 84.9 cm³/mol. The summed E-state index contributed by atoms with van der Waals surface area (Å²) in [6, 6.07) is 0. The summed E-state index contributed by atoms with van der Waals surface area (Å²) in [5.41, 5.74) is 0. The second kappa shape index (κ2) is 11.1. The van der Waals surface area contributed by atoms with Crippen molar-refractivity contribution in [3.05, 3.63) is 0 Å². The zero-order valence-electron chi connectivity index (χ0n) is 12.2. The standard InChI is InChI=1S/2C5H10O2S.2CH3.Sn/c2*1-2-5(6)7-3-4-8;;;/h2*8H,2-4H2,1H3;2*1H3;/q;;;;+2/p-2. The van der Waals surface area contributed by atoms with E-state index in [1.165, 1.54) is 0 Å². The number of hydrogen-bond acceptors (Lipinski definition) is 6. The predicted octanol–water partition coefficient (Wildman–Crippen LogP) is 3.06. The molecule has 0 heterocycles. The summed E-state index contributed by atoms with van der Waals surface area (Å²) >= 11 is -2.16. The number of rotatable bonds is 10. The van der Waals surface area contributed by atoms with Crippen LogP contribution in [0, 0.1) is 0 Å². The van der Waals surface area contributed by atoms with E-state index in [1.54, 1.807) is 13.8 Å². The number of carbonyl (C=O) groups is 2. The Balaban J connectivity index is 3.62. The molecule has 0 fully saturated rings.